The SMILES string of the molecule is CCCc1[nH]c(-c2cc(N)ccc2Cl)c2c1C(=O)CCCC2. The van der Waals surface area contributed by atoms with E-state index in [0.29, 0.717) is 17.1 Å². The Bertz CT molecular complexity index is 718. The smallest absolute Gasteiger partial charge is 0.164 e. The number of Topliss-reactive ketones (excluding diaryl/α,β-unsaturated/α-hetero) is 1. The molecule has 1 aromatic heterocycles. The number of ketones is 1. The maximum Gasteiger partial charge on any atom is 0.164 e. The maximum absolute atomic E-state index is 12.5. The Morgan fingerprint density at radius 1 is 1.27 bits per heavy atom. The molecular formula is C18H21ClN2O. The first kappa shape index (κ1) is 15.2. The lowest BCUT2D eigenvalue weighted by Crippen LogP contribution is -2.02. The van der Waals surface area contributed by atoms with Gasteiger partial charge in [0.15, 0.2) is 5.78 Å². The molecule has 0 spiro atoms. The van der Waals surface area contributed by atoms with Crippen molar-refractivity contribution in [3.05, 3.63) is 40.0 Å². The molecule has 0 unspecified atom stereocenters. The molecule has 1 aliphatic carbocycles. The van der Waals surface area contributed by atoms with Crippen LogP contribution in [0, 0.1) is 0 Å². The van der Waals surface area contributed by atoms with E-state index in [1.165, 1.54) is 0 Å². The highest BCUT2D eigenvalue weighted by molar-refractivity contribution is 6.33. The van der Waals surface area contributed by atoms with E-state index < -0.39 is 0 Å². The zero-order valence-corrected chi connectivity index (χ0v) is 13.6. The zero-order valence-electron chi connectivity index (χ0n) is 12.8. The number of benzene rings is 1. The number of anilines is 1. The van der Waals surface area contributed by atoms with Crippen LogP contribution in [0.4, 0.5) is 5.69 Å². The average Bonchev–Trinajstić information content (AvgIpc) is 2.73. The second-order valence-electron chi connectivity index (χ2n) is 5.95. The molecule has 1 aromatic carbocycles. The van der Waals surface area contributed by atoms with E-state index >= 15 is 0 Å². The number of rotatable bonds is 3. The van der Waals surface area contributed by atoms with E-state index in [1.807, 2.05) is 12.1 Å². The highest BCUT2D eigenvalue weighted by Gasteiger charge is 2.25. The molecule has 3 nitrogen and oxygen atoms in total. The number of aromatic amines is 1. The minimum atomic E-state index is 0.262. The maximum atomic E-state index is 12.5. The van der Waals surface area contributed by atoms with E-state index in [0.717, 1.165) is 60.2 Å². The van der Waals surface area contributed by atoms with Gasteiger partial charge in [0.1, 0.15) is 0 Å². The molecule has 0 bridgehead atoms. The summed E-state index contributed by atoms with van der Waals surface area (Å²) in [7, 11) is 0. The van der Waals surface area contributed by atoms with Crippen molar-refractivity contribution < 1.29 is 4.79 Å². The number of hydrogen-bond acceptors (Lipinski definition) is 2. The third-order valence-corrected chi connectivity index (χ3v) is 4.63. The van der Waals surface area contributed by atoms with Crippen LogP contribution in [0.1, 0.15) is 54.2 Å². The number of carbonyl (C=O) groups excluding carboxylic acids is 1. The van der Waals surface area contributed by atoms with Crippen LogP contribution in [0.25, 0.3) is 11.3 Å². The molecule has 0 amide bonds. The number of nitrogens with one attached hydrogen (secondary N) is 1. The molecule has 3 N–H and O–H groups in total. The summed E-state index contributed by atoms with van der Waals surface area (Å²) >= 11 is 6.38. The Morgan fingerprint density at radius 2 is 2.05 bits per heavy atom. The third kappa shape index (κ3) is 2.66. The molecule has 1 aliphatic rings. The Hall–Kier alpha value is -1.74. The van der Waals surface area contributed by atoms with Gasteiger partial charge in [-0.2, -0.15) is 0 Å². The fraction of sp³-hybridized carbons (Fsp3) is 0.389. The van der Waals surface area contributed by atoms with Crippen LogP contribution in [-0.4, -0.2) is 10.8 Å². The number of carbonyl (C=O) groups is 1. The van der Waals surface area contributed by atoms with Gasteiger partial charge < -0.3 is 10.7 Å². The second kappa shape index (κ2) is 6.17. The average molecular weight is 317 g/mol. The molecule has 116 valence electrons. The molecule has 3 rings (SSSR count). The number of halogens is 1. The van der Waals surface area contributed by atoms with E-state index in [-0.39, 0.29) is 5.78 Å². The summed E-state index contributed by atoms with van der Waals surface area (Å²) in [5, 5.41) is 0.665. The predicted molar refractivity (Wildman–Crippen MR) is 91.5 cm³/mol. The highest BCUT2D eigenvalue weighted by Crippen LogP contribution is 2.37. The summed E-state index contributed by atoms with van der Waals surface area (Å²) in [5.74, 6) is 0.262. The number of fused-ring (bicyclic) bond motifs is 1. The zero-order chi connectivity index (χ0) is 15.7. The van der Waals surface area contributed by atoms with E-state index in [2.05, 4.69) is 11.9 Å². The van der Waals surface area contributed by atoms with Crippen molar-refractivity contribution in [2.45, 2.75) is 45.4 Å². The van der Waals surface area contributed by atoms with Gasteiger partial charge in [0.2, 0.25) is 0 Å². The largest absolute Gasteiger partial charge is 0.399 e. The summed E-state index contributed by atoms with van der Waals surface area (Å²) in [6.07, 6.45) is 5.45. The fourth-order valence-corrected chi connectivity index (χ4v) is 3.51. The fourth-order valence-electron chi connectivity index (χ4n) is 3.30. The number of aryl methyl sites for hydroxylation is 1. The van der Waals surface area contributed by atoms with Crippen molar-refractivity contribution in [2.75, 3.05) is 5.73 Å². The topological polar surface area (TPSA) is 58.9 Å². The van der Waals surface area contributed by atoms with Gasteiger partial charge in [-0.1, -0.05) is 24.9 Å². The minimum absolute atomic E-state index is 0.262. The Labute approximate surface area is 135 Å². The van der Waals surface area contributed by atoms with Crippen LogP contribution >= 0.6 is 11.6 Å². The van der Waals surface area contributed by atoms with E-state index in [1.54, 1.807) is 6.07 Å². The van der Waals surface area contributed by atoms with E-state index in [4.69, 9.17) is 17.3 Å². The van der Waals surface area contributed by atoms with Crippen molar-refractivity contribution in [1.82, 2.24) is 4.98 Å². The molecular weight excluding hydrogens is 296 g/mol. The van der Waals surface area contributed by atoms with Gasteiger partial charge in [-0.3, -0.25) is 4.79 Å². The molecule has 1 heterocycles. The standard InChI is InChI=1S/C18H21ClN2O/c1-2-5-15-17-12(6-3-4-7-16(17)22)18(21-15)13-10-11(20)8-9-14(13)19/h8-10,21H,2-7,20H2,1H3. The molecule has 2 aromatic rings. The van der Waals surface area contributed by atoms with Crippen molar-refractivity contribution in [1.29, 1.82) is 0 Å². The van der Waals surface area contributed by atoms with Crippen molar-refractivity contribution in [3.8, 4) is 11.3 Å². The lowest BCUT2D eigenvalue weighted by molar-refractivity contribution is 0.0981. The molecule has 0 fully saturated rings. The van der Waals surface area contributed by atoms with Gasteiger partial charge in [0, 0.05) is 28.9 Å². The van der Waals surface area contributed by atoms with Crippen molar-refractivity contribution in [2.24, 2.45) is 0 Å². The van der Waals surface area contributed by atoms with Gasteiger partial charge in [-0.05, 0) is 49.4 Å². The predicted octanol–water partition coefficient (Wildman–Crippen LogP) is 4.78. The molecule has 0 saturated carbocycles. The number of hydrogen-bond donors (Lipinski definition) is 2. The van der Waals surface area contributed by atoms with Crippen molar-refractivity contribution >= 4 is 23.1 Å². The first-order valence-electron chi connectivity index (χ1n) is 7.94. The molecule has 0 radical (unpaired) electrons. The number of H-pyrrole nitrogens is 1. The number of aromatic nitrogens is 1. The summed E-state index contributed by atoms with van der Waals surface area (Å²) < 4.78 is 0. The van der Waals surface area contributed by atoms with Gasteiger partial charge in [-0.15, -0.1) is 0 Å². The van der Waals surface area contributed by atoms with Crippen LogP contribution in [0.15, 0.2) is 18.2 Å². The first-order chi connectivity index (χ1) is 10.6. The summed E-state index contributed by atoms with van der Waals surface area (Å²) in [5.41, 5.74) is 11.6. The molecule has 4 heteroatoms. The summed E-state index contributed by atoms with van der Waals surface area (Å²) in [4.78, 5) is 16.0. The van der Waals surface area contributed by atoms with Crippen LogP contribution in [0.5, 0.6) is 0 Å². The summed E-state index contributed by atoms with van der Waals surface area (Å²) in [6, 6.07) is 5.50. The molecule has 22 heavy (non-hydrogen) atoms. The normalized spacial score (nSPS) is 14.7. The first-order valence-corrected chi connectivity index (χ1v) is 8.32. The van der Waals surface area contributed by atoms with Gasteiger partial charge >= 0.3 is 0 Å². The van der Waals surface area contributed by atoms with Crippen LogP contribution in [-0.2, 0) is 12.8 Å². The van der Waals surface area contributed by atoms with Crippen LogP contribution < -0.4 is 5.73 Å². The van der Waals surface area contributed by atoms with Crippen LogP contribution in [0.2, 0.25) is 5.02 Å². The molecule has 0 aliphatic heterocycles. The monoisotopic (exact) mass is 316 g/mol. The molecule has 0 atom stereocenters. The number of nitrogens with two attached hydrogens (primary N) is 1. The Balaban J connectivity index is 2.22. The third-order valence-electron chi connectivity index (χ3n) is 4.30. The van der Waals surface area contributed by atoms with Gasteiger partial charge in [0.25, 0.3) is 0 Å². The van der Waals surface area contributed by atoms with Gasteiger partial charge in [-0.25, -0.2) is 0 Å². The van der Waals surface area contributed by atoms with Gasteiger partial charge in [0.05, 0.1) is 10.7 Å². The lowest BCUT2D eigenvalue weighted by Gasteiger charge is -2.07. The molecule has 0 saturated heterocycles. The highest BCUT2D eigenvalue weighted by atomic mass is 35.5. The number of nitrogen functional groups attached to an aromatic ring is 1. The lowest BCUT2D eigenvalue weighted by atomic mass is 9.98. The Kier molecular flexibility index (Phi) is 4.25. The summed E-state index contributed by atoms with van der Waals surface area (Å²) in [6.45, 7) is 2.13. The van der Waals surface area contributed by atoms with Crippen molar-refractivity contribution in [3.63, 3.8) is 0 Å². The quantitative estimate of drug-likeness (QED) is 0.632. The van der Waals surface area contributed by atoms with E-state index in [9.17, 15) is 4.79 Å². The Morgan fingerprint density at radius 3 is 2.82 bits per heavy atom. The minimum Gasteiger partial charge on any atom is -0.399 e. The van der Waals surface area contributed by atoms with Crippen LogP contribution in [0.3, 0.4) is 0 Å². The second-order valence-corrected chi connectivity index (χ2v) is 6.36.